The van der Waals surface area contributed by atoms with E-state index in [4.69, 9.17) is 9.47 Å². The number of ether oxygens (including phenoxy) is 2. The van der Waals surface area contributed by atoms with Crippen LogP contribution >= 0.6 is 0 Å². The number of carbonyl (C=O) groups is 2. The Hall–Kier alpha value is -2.85. The molecule has 2 amide bonds. The van der Waals surface area contributed by atoms with E-state index in [2.05, 4.69) is 25.4 Å². The predicted molar refractivity (Wildman–Crippen MR) is 123 cm³/mol. The normalized spacial score (nSPS) is 17.1. The molecule has 2 heterocycles. The number of methoxy groups -OCH3 is 1. The van der Waals surface area contributed by atoms with Gasteiger partial charge in [-0.1, -0.05) is 12.1 Å². The number of hydrogen-bond donors (Lipinski definition) is 2. The molecule has 10 heteroatoms. The molecule has 0 saturated carbocycles. The van der Waals surface area contributed by atoms with Crippen LogP contribution in [0.3, 0.4) is 0 Å². The molecule has 0 radical (unpaired) electrons. The Bertz CT molecular complexity index is 794. The highest BCUT2D eigenvalue weighted by Gasteiger charge is 2.25. The SMILES string of the molecule is CN=C(NCCCN1C(=O)COc2ccccc21)N1CCN(CC(=O)NCCOC)CC1. The molecular weight excluding hydrogens is 412 g/mol. The number of guanidine groups is 1. The number of hydrogen-bond acceptors (Lipinski definition) is 6. The maximum Gasteiger partial charge on any atom is 0.265 e. The smallest absolute Gasteiger partial charge is 0.265 e. The first-order valence-corrected chi connectivity index (χ1v) is 11.1. The highest BCUT2D eigenvalue weighted by Crippen LogP contribution is 2.31. The van der Waals surface area contributed by atoms with E-state index in [0.29, 0.717) is 32.8 Å². The van der Waals surface area contributed by atoms with Gasteiger partial charge in [-0.25, -0.2) is 0 Å². The molecule has 0 bridgehead atoms. The summed E-state index contributed by atoms with van der Waals surface area (Å²) in [6.45, 7) is 6.09. The van der Waals surface area contributed by atoms with Crippen LogP contribution in [0, 0.1) is 0 Å². The number of benzene rings is 1. The molecule has 0 atom stereocenters. The Morgan fingerprint density at radius 2 is 1.94 bits per heavy atom. The van der Waals surface area contributed by atoms with E-state index in [-0.39, 0.29) is 18.4 Å². The van der Waals surface area contributed by atoms with Crippen LogP contribution in [0.4, 0.5) is 5.69 Å². The van der Waals surface area contributed by atoms with Gasteiger partial charge in [-0.05, 0) is 18.6 Å². The summed E-state index contributed by atoms with van der Waals surface area (Å²) in [6, 6.07) is 7.62. The summed E-state index contributed by atoms with van der Waals surface area (Å²) in [5, 5.41) is 6.26. The fourth-order valence-corrected chi connectivity index (χ4v) is 3.84. The van der Waals surface area contributed by atoms with Crippen LogP contribution < -0.4 is 20.3 Å². The number of para-hydroxylation sites is 2. The molecule has 1 saturated heterocycles. The lowest BCUT2D eigenvalue weighted by molar-refractivity contribution is -0.123. The van der Waals surface area contributed by atoms with Gasteiger partial charge in [0, 0.05) is 60.0 Å². The van der Waals surface area contributed by atoms with Gasteiger partial charge in [-0.3, -0.25) is 19.5 Å². The van der Waals surface area contributed by atoms with Crippen LogP contribution in [0.5, 0.6) is 5.75 Å². The summed E-state index contributed by atoms with van der Waals surface area (Å²) in [6.07, 6.45) is 0.792. The van der Waals surface area contributed by atoms with Gasteiger partial charge in [-0.2, -0.15) is 0 Å². The van der Waals surface area contributed by atoms with Crippen molar-refractivity contribution in [3.05, 3.63) is 24.3 Å². The van der Waals surface area contributed by atoms with E-state index in [1.165, 1.54) is 0 Å². The van der Waals surface area contributed by atoms with E-state index in [0.717, 1.165) is 50.0 Å². The third-order valence-corrected chi connectivity index (χ3v) is 5.53. The molecule has 1 aromatic rings. The second-order valence-corrected chi connectivity index (χ2v) is 7.74. The number of anilines is 1. The topological polar surface area (TPSA) is 98.7 Å². The zero-order chi connectivity index (χ0) is 22.8. The number of piperazine rings is 1. The van der Waals surface area contributed by atoms with Crippen molar-refractivity contribution in [3.8, 4) is 5.75 Å². The van der Waals surface area contributed by atoms with Crippen molar-refractivity contribution in [3.63, 3.8) is 0 Å². The van der Waals surface area contributed by atoms with Gasteiger partial charge in [0.15, 0.2) is 12.6 Å². The quantitative estimate of drug-likeness (QED) is 0.307. The first kappa shape index (κ1) is 23.8. The van der Waals surface area contributed by atoms with Crippen LogP contribution in [-0.4, -0.2) is 107 Å². The number of fused-ring (bicyclic) bond motifs is 1. The summed E-state index contributed by atoms with van der Waals surface area (Å²) in [7, 11) is 3.40. The van der Waals surface area contributed by atoms with Crippen molar-refractivity contribution in [2.45, 2.75) is 6.42 Å². The molecule has 1 aromatic carbocycles. The zero-order valence-electron chi connectivity index (χ0n) is 19.0. The number of amides is 2. The Morgan fingerprint density at radius 3 is 2.69 bits per heavy atom. The lowest BCUT2D eigenvalue weighted by atomic mass is 10.2. The van der Waals surface area contributed by atoms with E-state index in [1.54, 1.807) is 19.1 Å². The predicted octanol–water partition coefficient (Wildman–Crippen LogP) is -0.242. The highest BCUT2D eigenvalue weighted by molar-refractivity contribution is 5.97. The number of carbonyl (C=O) groups excluding carboxylic acids is 2. The van der Waals surface area contributed by atoms with Gasteiger partial charge in [-0.15, -0.1) is 0 Å². The number of rotatable bonds is 9. The Kier molecular flexibility index (Phi) is 9.12. The molecule has 32 heavy (non-hydrogen) atoms. The molecule has 0 unspecified atom stereocenters. The van der Waals surface area contributed by atoms with Crippen LogP contribution in [0.15, 0.2) is 29.3 Å². The van der Waals surface area contributed by atoms with Crippen molar-refractivity contribution in [2.24, 2.45) is 4.99 Å². The van der Waals surface area contributed by atoms with E-state index in [9.17, 15) is 9.59 Å². The molecule has 0 spiro atoms. The molecule has 0 aliphatic carbocycles. The highest BCUT2D eigenvalue weighted by atomic mass is 16.5. The summed E-state index contributed by atoms with van der Waals surface area (Å²) in [5.41, 5.74) is 0.829. The third kappa shape index (κ3) is 6.57. The van der Waals surface area contributed by atoms with Crippen LogP contribution in [0.25, 0.3) is 0 Å². The zero-order valence-corrected chi connectivity index (χ0v) is 19.0. The standard InChI is InChI=1S/C22H34N6O4/c1-23-22(27-13-11-26(12-14-27)16-20(29)24-9-15-31-2)25-8-5-10-28-18-6-3-4-7-19(18)32-17-21(28)30/h3-4,6-7H,5,8-17H2,1-2H3,(H,23,25)(H,24,29). The largest absolute Gasteiger partial charge is 0.482 e. The minimum absolute atomic E-state index is 0.0181. The second-order valence-electron chi connectivity index (χ2n) is 7.74. The average molecular weight is 447 g/mol. The first-order chi connectivity index (χ1) is 15.6. The van der Waals surface area contributed by atoms with Gasteiger partial charge in [0.2, 0.25) is 5.91 Å². The first-order valence-electron chi connectivity index (χ1n) is 11.1. The Labute approximate surface area is 189 Å². The molecule has 0 aromatic heterocycles. The van der Waals surface area contributed by atoms with Gasteiger partial charge in [0.1, 0.15) is 5.75 Å². The average Bonchev–Trinajstić information content (AvgIpc) is 2.81. The fraction of sp³-hybridized carbons (Fsp3) is 0.591. The molecule has 1 fully saturated rings. The monoisotopic (exact) mass is 446 g/mol. The third-order valence-electron chi connectivity index (χ3n) is 5.53. The van der Waals surface area contributed by atoms with Crippen molar-refractivity contribution in [1.29, 1.82) is 0 Å². The van der Waals surface area contributed by atoms with Crippen LogP contribution in [0.2, 0.25) is 0 Å². The second kappa shape index (κ2) is 12.3. The van der Waals surface area contributed by atoms with Crippen LogP contribution in [0.1, 0.15) is 6.42 Å². The van der Waals surface area contributed by atoms with Crippen molar-refractivity contribution >= 4 is 23.5 Å². The summed E-state index contributed by atoms with van der Waals surface area (Å²) in [4.78, 5) is 34.8. The molecular formula is C22H34N6O4. The molecule has 2 N–H and O–H groups in total. The number of aliphatic imine (C=N–C) groups is 1. The molecule has 3 rings (SSSR count). The maximum absolute atomic E-state index is 12.3. The van der Waals surface area contributed by atoms with Gasteiger partial charge in [0.25, 0.3) is 5.91 Å². The van der Waals surface area contributed by atoms with E-state index >= 15 is 0 Å². The number of nitrogens with one attached hydrogen (secondary N) is 2. The molecule has 2 aliphatic rings. The Morgan fingerprint density at radius 1 is 1.16 bits per heavy atom. The van der Waals surface area contributed by atoms with E-state index < -0.39 is 0 Å². The van der Waals surface area contributed by atoms with Gasteiger partial charge in [0.05, 0.1) is 18.8 Å². The number of nitrogens with zero attached hydrogens (tertiary/aromatic N) is 4. The Balaban J connectivity index is 1.38. The summed E-state index contributed by atoms with van der Waals surface area (Å²) in [5.74, 6) is 1.61. The van der Waals surface area contributed by atoms with Crippen molar-refractivity contribution in [1.82, 2.24) is 20.4 Å². The molecule has 2 aliphatic heterocycles. The van der Waals surface area contributed by atoms with E-state index in [1.807, 2.05) is 24.3 Å². The van der Waals surface area contributed by atoms with Crippen molar-refractivity contribution < 1.29 is 19.1 Å². The lowest BCUT2D eigenvalue weighted by Crippen LogP contribution is -2.54. The molecule has 176 valence electrons. The summed E-state index contributed by atoms with van der Waals surface area (Å²) < 4.78 is 10.4. The van der Waals surface area contributed by atoms with Gasteiger partial charge >= 0.3 is 0 Å². The van der Waals surface area contributed by atoms with Crippen molar-refractivity contribution in [2.75, 3.05) is 84.6 Å². The summed E-state index contributed by atoms with van der Waals surface area (Å²) >= 11 is 0. The fourth-order valence-electron chi connectivity index (χ4n) is 3.84. The minimum Gasteiger partial charge on any atom is -0.482 e. The van der Waals surface area contributed by atoms with Crippen LogP contribution in [-0.2, 0) is 14.3 Å². The maximum atomic E-state index is 12.3. The van der Waals surface area contributed by atoms with Gasteiger partial charge < -0.3 is 29.9 Å². The minimum atomic E-state index is -0.0181. The molecule has 10 nitrogen and oxygen atoms in total. The lowest BCUT2D eigenvalue weighted by Gasteiger charge is -2.36.